The van der Waals surface area contributed by atoms with Gasteiger partial charge < -0.3 is 19.9 Å². The van der Waals surface area contributed by atoms with Crippen molar-refractivity contribution in [1.29, 1.82) is 0 Å². The van der Waals surface area contributed by atoms with Crippen LogP contribution in [0.25, 0.3) is 33.4 Å². The quantitative estimate of drug-likeness (QED) is 0.553. The van der Waals surface area contributed by atoms with Gasteiger partial charge in [-0.25, -0.2) is 15.0 Å². The number of hydrogen-bond donors (Lipinski definition) is 1. The highest BCUT2D eigenvalue weighted by Gasteiger charge is 2.16. The van der Waals surface area contributed by atoms with Gasteiger partial charge in [0.1, 0.15) is 29.4 Å². The van der Waals surface area contributed by atoms with Crippen molar-refractivity contribution < 1.29 is 14.2 Å². The maximum Gasteiger partial charge on any atom is 0.165 e. The van der Waals surface area contributed by atoms with Crippen LogP contribution in [-0.2, 0) is 0 Å². The lowest BCUT2D eigenvalue weighted by molar-refractivity contribution is 0.395. The average molecular weight is 388 g/mol. The molecule has 0 amide bonds. The zero-order valence-electron chi connectivity index (χ0n) is 16.3. The van der Waals surface area contributed by atoms with Gasteiger partial charge in [-0.15, -0.1) is 0 Å². The van der Waals surface area contributed by atoms with E-state index in [0.29, 0.717) is 34.0 Å². The molecule has 0 bridgehead atoms. The minimum absolute atomic E-state index is 0.376. The molecular weight excluding hydrogens is 368 g/mol. The van der Waals surface area contributed by atoms with Crippen LogP contribution in [-0.4, -0.2) is 36.3 Å². The van der Waals surface area contributed by atoms with Crippen molar-refractivity contribution in [3.05, 3.63) is 54.9 Å². The molecule has 7 heteroatoms. The summed E-state index contributed by atoms with van der Waals surface area (Å²) in [7, 11) is 4.87. The van der Waals surface area contributed by atoms with E-state index in [4.69, 9.17) is 24.9 Å². The number of pyridine rings is 1. The number of nitrogen functional groups attached to an aromatic ring is 1. The zero-order valence-corrected chi connectivity index (χ0v) is 16.3. The third kappa shape index (κ3) is 3.38. The normalized spacial score (nSPS) is 10.7. The fraction of sp³-hybridized carbons (Fsp3) is 0.136. The third-order valence-electron chi connectivity index (χ3n) is 4.72. The monoisotopic (exact) mass is 388 g/mol. The van der Waals surface area contributed by atoms with Crippen LogP contribution >= 0.6 is 0 Å². The van der Waals surface area contributed by atoms with Crippen molar-refractivity contribution in [2.24, 2.45) is 0 Å². The van der Waals surface area contributed by atoms with E-state index in [1.54, 1.807) is 21.3 Å². The smallest absolute Gasteiger partial charge is 0.165 e. The van der Waals surface area contributed by atoms with Crippen LogP contribution in [0.1, 0.15) is 0 Å². The number of benzene rings is 2. The van der Waals surface area contributed by atoms with E-state index < -0.39 is 0 Å². The predicted molar refractivity (Wildman–Crippen MR) is 112 cm³/mol. The second kappa shape index (κ2) is 7.63. The van der Waals surface area contributed by atoms with Gasteiger partial charge in [-0.3, -0.25) is 0 Å². The predicted octanol–water partition coefficient (Wildman–Crippen LogP) is 3.97. The molecular formula is C22H20N4O3. The van der Waals surface area contributed by atoms with Crippen LogP contribution in [0.5, 0.6) is 17.2 Å². The first kappa shape index (κ1) is 18.5. The van der Waals surface area contributed by atoms with Crippen molar-refractivity contribution in [3.63, 3.8) is 0 Å². The lowest BCUT2D eigenvalue weighted by atomic mass is 9.99. The number of anilines is 1. The summed E-state index contributed by atoms with van der Waals surface area (Å²) in [4.78, 5) is 13.2. The summed E-state index contributed by atoms with van der Waals surface area (Å²) in [5.74, 6) is 2.50. The van der Waals surface area contributed by atoms with Crippen LogP contribution in [0.3, 0.4) is 0 Å². The SMILES string of the molecule is COc1ccc(-c2cc(-c3ccc(OC)cc3OC)nc3ncnc(N)c23)cc1. The number of rotatable bonds is 5. The van der Waals surface area contributed by atoms with Crippen molar-refractivity contribution in [3.8, 4) is 39.6 Å². The summed E-state index contributed by atoms with van der Waals surface area (Å²) < 4.78 is 16.1. The number of hydrogen-bond acceptors (Lipinski definition) is 7. The molecule has 4 aromatic rings. The van der Waals surface area contributed by atoms with Crippen LogP contribution < -0.4 is 19.9 Å². The van der Waals surface area contributed by atoms with Gasteiger partial charge in [0, 0.05) is 11.6 Å². The van der Waals surface area contributed by atoms with Crippen molar-refractivity contribution in [1.82, 2.24) is 15.0 Å². The Hall–Kier alpha value is -3.87. The van der Waals surface area contributed by atoms with Gasteiger partial charge in [-0.1, -0.05) is 12.1 Å². The molecule has 0 atom stereocenters. The summed E-state index contributed by atoms with van der Waals surface area (Å²) in [5, 5.41) is 0.703. The molecule has 0 saturated heterocycles. The largest absolute Gasteiger partial charge is 0.497 e. The molecule has 146 valence electrons. The molecule has 0 spiro atoms. The molecule has 2 aromatic heterocycles. The molecule has 0 saturated carbocycles. The standard InChI is InChI=1S/C22H20N4O3/c1-27-14-6-4-13(5-7-14)17-11-18(26-22-20(17)21(23)24-12-25-22)16-9-8-15(28-2)10-19(16)29-3/h4-12H,1-3H3,(H2,23,24,25,26). The van der Waals surface area contributed by atoms with Gasteiger partial charge in [0.05, 0.1) is 32.4 Å². The Bertz CT molecular complexity index is 1180. The van der Waals surface area contributed by atoms with Crippen LogP contribution in [0.2, 0.25) is 0 Å². The van der Waals surface area contributed by atoms with Gasteiger partial charge in [0.25, 0.3) is 0 Å². The van der Waals surface area contributed by atoms with E-state index in [0.717, 1.165) is 22.4 Å². The Kier molecular flexibility index (Phi) is 4.87. The van der Waals surface area contributed by atoms with Crippen molar-refractivity contribution >= 4 is 16.9 Å². The van der Waals surface area contributed by atoms with Gasteiger partial charge in [-0.2, -0.15) is 0 Å². The fourth-order valence-electron chi connectivity index (χ4n) is 3.23. The van der Waals surface area contributed by atoms with E-state index in [1.807, 2.05) is 48.5 Å². The van der Waals surface area contributed by atoms with Gasteiger partial charge in [0.2, 0.25) is 0 Å². The number of nitrogens with two attached hydrogens (primary N) is 1. The van der Waals surface area contributed by atoms with E-state index in [-0.39, 0.29) is 0 Å². The molecule has 4 rings (SSSR count). The Morgan fingerprint density at radius 2 is 1.48 bits per heavy atom. The Morgan fingerprint density at radius 3 is 2.17 bits per heavy atom. The Morgan fingerprint density at radius 1 is 0.759 bits per heavy atom. The van der Waals surface area contributed by atoms with E-state index >= 15 is 0 Å². The number of aromatic nitrogens is 3. The van der Waals surface area contributed by atoms with Crippen molar-refractivity contribution in [2.45, 2.75) is 0 Å². The molecule has 0 radical (unpaired) electrons. The Balaban J connectivity index is 1.98. The highest BCUT2D eigenvalue weighted by molar-refractivity contribution is 6.01. The highest BCUT2D eigenvalue weighted by Crippen LogP contribution is 2.38. The molecule has 2 N–H and O–H groups in total. The summed E-state index contributed by atoms with van der Waals surface area (Å²) in [6, 6.07) is 15.3. The van der Waals surface area contributed by atoms with E-state index in [1.165, 1.54) is 6.33 Å². The lowest BCUT2D eigenvalue weighted by Crippen LogP contribution is -1.99. The molecule has 0 aliphatic carbocycles. The fourth-order valence-corrected chi connectivity index (χ4v) is 3.23. The van der Waals surface area contributed by atoms with E-state index in [9.17, 15) is 0 Å². The molecule has 0 aliphatic rings. The summed E-state index contributed by atoms with van der Waals surface area (Å²) in [6.45, 7) is 0. The topological polar surface area (TPSA) is 92.4 Å². The molecule has 29 heavy (non-hydrogen) atoms. The van der Waals surface area contributed by atoms with Gasteiger partial charge in [-0.05, 0) is 41.5 Å². The van der Waals surface area contributed by atoms with Crippen LogP contribution in [0.4, 0.5) is 5.82 Å². The second-order valence-corrected chi connectivity index (χ2v) is 6.31. The second-order valence-electron chi connectivity index (χ2n) is 6.31. The van der Waals surface area contributed by atoms with E-state index in [2.05, 4.69) is 9.97 Å². The number of nitrogens with zero attached hydrogens (tertiary/aromatic N) is 3. The molecule has 2 heterocycles. The highest BCUT2D eigenvalue weighted by atomic mass is 16.5. The first-order chi connectivity index (χ1) is 14.1. The van der Waals surface area contributed by atoms with Crippen molar-refractivity contribution in [2.75, 3.05) is 27.1 Å². The summed E-state index contributed by atoms with van der Waals surface area (Å²) in [6.07, 6.45) is 1.41. The maximum atomic E-state index is 6.18. The van der Waals surface area contributed by atoms with Crippen LogP contribution in [0.15, 0.2) is 54.9 Å². The molecule has 0 aliphatic heterocycles. The average Bonchev–Trinajstić information content (AvgIpc) is 2.78. The summed E-state index contributed by atoms with van der Waals surface area (Å²) in [5.41, 5.74) is 10.1. The number of fused-ring (bicyclic) bond motifs is 1. The zero-order chi connectivity index (χ0) is 20.4. The Labute approximate surface area is 168 Å². The maximum absolute atomic E-state index is 6.18. The minimum atomic E-state index is 0.376. The molecule has 0 unspecified atom stereocenters. The first-order valence-corrected chi connectivity index (χ1v) is 8.92. The van der Waals surface area contributed by atoms with Gasteiger partial charge in [0.15, 0.2) is 5.65 Å². The number of methoxy groups -OCH3 is 3. The van der Waals surface area contributed by atoms with Crippen LogP contribution in [0, 0.1) is 0 Å². The molecule has 0 fully saturated rings. The lowest BCUT2D eigenvalue weighted by Gasteiger charge is -2.14. The molecule has 7 nitrogen and oxygen atoms in total. The number of ether oxygens (including phenoxy) is 3. The first-order valence-electron chi connectivity index (χ1n) is 8.92. The molecule has 2 aromatic carbocycles. The van der Waals surface area contributed by atoms with Gasteiger partial charge >= 0.3 is 0 Å². The third-order valence-corrected chi connectivity index (χ3v) is 4.72. The summed E-state index contributed by atoms with van der Waals surface area (Å²) >= 11 is 0. The minimum Gasteiger partial charge on any atom is -0.497 e.